The van der Waals surface area contributed by atoms with Gasteiger partial charge in [0.05, 0.1) is 37.3 Å². The van der Waals surface area contributed by atoms with E-state index < -0.39 is 5.82 Å². The number of nitrogens with one attached hydrogen (secondary N) is 1. The van der Waals surface area contributed by atoms with Gasteiger partial charge < -0.3 is 11.1 Å². The van der Waals surface area contributed by atoms with Crippen LogP contribution < -0.4 is 11.1 Å². The summed E-state index contributed by atoms with van der Waals surface area (Å²) in [5, 5.41) is 4.38. The molecule has 0 fully saturated rings. The third-order valence-corrected chi connectivity index (χ3v) is 4.79. The maximum absolute atomic E-state index is 13.3. The molecule has 0 aliphatic carbocycles. The second-order valence-electron chi connectivity index (χ2n) is 4.51. The molecule has 0 saturated heterocycles. The van der Waals surface area contributed by atoms with Crippen LogP contribution in [0.1, 0.15) is 5.01 Å². The maximum atomic E-state index is 13.3. The molecule has 108 valence electrons. The molecule has 0 radical (unpaired) electrons. The Balaban J connectivity index is 2.07. The molecule has 0 bridgehead atoms. The molecule has 3 N–H and O–H groups in total. The Morgan fingerprint density at radius 3 is 2.81 bits per heavy atom. The number of aromatic nitrogens is 1. The summed E-state index contributed by atoms with van der Waals surface area (Å²) in [5.41, 5.74) is 8.75. The third-order valence-electron chi connectivity index (χ3n) is 2.93. The molecule has 3 rings (SSSR count). The standard InChI is InChI=1S/C14H10BrClFN3S/c1-6-19-12-5-11(10(18)4-13(12)21-6)20-14-8(15)2-7(17)3-9(14)16/h2-5,20H,18H2,1H3. The van der Waals surface area contributed by atoms with E-state index in [1.54, 1.807) is 11.3 Å². The summed E-state index contributed by atoms with van der Waals surface area (Å²) in [5.74, 6) is -0.407. The van der Waals surface area contributed by atoms with Gasteiger partial charge in [0.2, 0.25) is 0 Å². The highest BCUT2D eigenvalue weighted by Crippen LogP contribution is 2.37. The molecule has 1 aromatic heterocycles. The number of benzene rings is 2. The van der Waals surface area contributed by atoms with Crippen LogP contribution in [0.3, 0.4) is 0 Å². The Bertz CT molecular complexity index is 827. The molecular formula is C14H10BrClFN3S. The van der Waals surface area contributed by atoms with E-state index in [0.29, 0.717) is 21.5 Å². The Kier molecular flexibility index (Phi) is 3.77. The summed E-state index contributed by atoms with van der Waals surface area (Å²) in [6, 6.07) is 6.32. The summed E-state index contributed by atoms with van der Waals surface area (Å²) in [7, 11) is 0. The first-order valence-electron chi connectivity index (χ1n) is 6.02. The number of nitrogens with two attached hydrogens (primary N) is 1. The van der Waals surface area contributed by atoms with E-state index in [1.807, 2.05) is 19.1 Å². The highest BCUT2D eigenvalue weighted by atomic mass is 79.9. The molecule has 3 aromatic rings. The first-order valence-corrected chi connectivity index (χ1v) is 8.01. The van der Waals surface area contributed by atoms with Gasteiger partial charge in [0.1, 0.15) is 5.82 Å². The molecule has 0 amide bonds. The average Bonchev–Trinajstić information content (AvgIpc) is 2.72. The van der Waals surface area contributed by atoms with E-state index in [9.17, 15) is 4.39 Å². The molecule has 0 aliphatic heterocycles. The molecule has 0 spiro atoms. The Morgan fingerprint density at radius 2 is 2.10 bits per heavy atom. The number of fused-ring (bicyclic) bond motifs is 1. The van der Waals surface area contributed by atoms with Crippen molar-refractivity contribution in [3.8, 4) is 0 Å². The van der Waals surface area contributed by atoms with Gasteiger partial charge in [0, 0.05) is 4.47 Å². The van der Waals surface area contributed by atoms with Crippen molar-refractivity contribution in [2.24, 2.45) is 0 Å². The number of nitrogen functional groups attached to an aromatic ring is 1. The van der Waals surface area contributed by atoms with Gasteiger partial charge in [-0.05, 0) is 47.1 Å². The van der Waals surface area contributed by atoms with Crippen molar-refractivity contribution < 1.29 is 4.39 Å². The van der Waals surface area contributed by atoms with Crippen molar-refractivity contribution in [2.75, 3.05) is 11.1 Å². The molecule has 0 aliphatic rings. The van der Waals surface area contributed by atoms with Crippen molar-refractivity contribution in [2.45, 2.75) is 6.92 Å². The van der Waals surface area contributed by atoms with Gasteiger partial charge in [0.25, 0.3) is 0 Å². The first kappa shape index (κ1) is 14.6. The number of halogens is 3. The normalized spacial score (nSPS) is 11.0. The lowest BCUT2D eigenvalue weighted by Gasteiger charge is -2.13. The molecule has 7 heteroatoms. The second-order valence-corrected chi connectivity index (χ2v) is 7.01. The summed E-state index contributed by atoms with van der Waals surface area (Å²) >= 11 is 11.0. The fourth-order valence-corrected chi connectivity index (χ4v) is 3.77. The third kappa shape index (κ3) is 2.84. The van der Waals surface area contributed by atoms with E-state index in [0.717, 1.165) is 15.2 Å². The van der Waals surface area contributed by atoms with Gasteiger partial charge in [-0.15, -0.1) is 11.3 Å². The Morgan fingerprint density at radius 1 is 1.33 bits per heavy atom. The van der Waals surface area contributed by atoms with Crippen LogP contribution in [0.2, 0.25) is 5.02 Å². The zero-order valence-corrected chi connectivity index (χ0v) is 14.0. The zero-order chi connectivity index (χ0) is 15.1. The molecule has 2 aromatic carbocycles. The SMILES string of the molecule is Cc1nc2cc(Nc3c(Cl)cc(F)cc3Br)c(N)cc2s1. The van der Waals surface area contributed by atoms with Gasteiger partial charge in [-0.1, -0.05) is 11.6 Å². The van der Waals surface area contributed by atoms with Crippen LogP contribution in [-0.4, -0.2) is 4.98 Å². The molecule has 1 heterocycles. The zero-order valence-electron chi connectivity index (χ0n) is 10.9. The van der Waals surface area contributed by atoms with E-state index >= 15 is 0 Å². The lowest BCUT2D eigenvalue weighted by Crippen LogP contribution is -1.98. The number of nitrogens with zero attached hydrogens (tertiary/aromatic N) is 1. The van der Waals surface area contributed by atoms with Crippen molar-refractivity contribution in [1.29, 1.82) is 0 Å². The van der Waals surface area contributed by atoms with Crippen LogP contribution in [0.25, 0.3) is 10.2 Å². The quantitative estimate of drug-likeness (QED) is 0.573. The van der Waals surface area contributed by atoms with Crippen LogP contribution in [0.15, 0.2) is 28.7 Å². The van der Waals surface area contributed by atoms with E-state index in [2.05, 4.69) is 26.2 Å². The lowest BCUT2D eigenvalue weighted by molar-refractivity contribution is 0.627. The molecule has 0 saturated carbocycles. The number of rotatable bonds is 2. The van der Waals surface area contributed by atoms with Crippen LogP contribution in [0.4, 0.5) is 21.5 Å². The summed E-state index contributed by atoms with van der Waals surface area (Å²) in [4.78, 5) is 4.43. The minimum Gasteiger partial charge on any atom is -0.397 e. The van der Waals surface area contributed by atoms with Crippen LogP contribution in [0.5, 0.6) is 0 Å². The monoisotopic (exact) mass is 385 g/mol. The van der Waals surface area contributed by atoms with Crippen molar-refractivity contribution in [3.05, 3.63) is 44.6 Å². The topological polar surface area (TPSA) is 50.9 Å². The van der Waals surface area contributed by atoms with Gasteiger partial charge in [-0.25, -0.2) is 9.37 Å². The van der Waals surface area contributed by atoms with Gasteiger partial charge in [-0.3, -0.25) is 0 Å². The number of anilines is 3. The minimum atomic E-state index is -0.407. The minimum absolute atomic E-state index is 0.274. The molecular weight excluding hydrogens is 377 g/mol. The van der Waals surface area contributed by atoms with E-state index in [4.69, 9.17) is 17.3 Å². The number of hydrogen-bond donors (Lipinski definition) is 2. The fraction of sp³-hybridized carbons (Fsp3) is 0.0714. The summed E-state index contributed by atoms with van der Waals surface area (Å²) < 4.78 is 14.8. The fourth-order valence-electron chi connectivity index (χ4n) is 2.01. The van der Waals surface area contributed by atoms with Crippen molar-refractivity contribution in [3.63, 3.8) is 0 Å². The highest BCUT2D eigenvalue weighted by molar-refractivity contribution is 9.10. The largest absolute Gasteiger partial charge is 0.397 e. The predicted octanol–water partition coefficient (Wildman–Crippen LogP) is 5.49. The lowest BCUT2D eigenvalue weighted by atomic mass is 10.2. The number of aryl methyl sites for hydroxylation is 1. The highest BCUT2D eigenvalue weighted by Gasteiger charge is 2.12. The van der Waals surface area contributed by atoms with Gasteiger partial charge in [0.15, 0.2) is 0 Å². The van der Waals surface area contributed by atoms with Gasteiger partial charge in [-0.2, -0.15) is 0 Å². The molecule has 3 nitrogen and oxygen atoms in total. The molecule has 0 unspecified atom stereocenters. The number of hydrogen-bond acceptors (Lipinski definition) is 4. The van der Waals surface area contributed by atoms with Crippen molar-refractivity contribution >= 4 is 66.1 Å². The maximum Gasteiger partial charge on any atom is 0.125 e. The first-order chi connectivity index (χ1) is 9.94. The van der Waals surface area contributed by atoms with Crippen LogP contribution >= 0.6 is 38.9 Å². The van der Waals surface area contributed by atoms with Crippen molar-refractivity contribution in [1.82, 2.24) is 4.98 Å². The average molecular weight is 387 g/mol. The van der Waals surface area contributed by atoms with Crippen LogP contribution in [-0.2, 0) is 0 Å². The summed E-state index contributed by atoms with van der Waals surface area (Å²) in [6.45, 7) is 1.95. The molecule has 0 atom stereocenters. The van der Waals surface area contributed by atoms with Gasteiger partial charge >= 0.3 is 0 Å². The van der Waals surface area contributed by atoms with E-state index in [-0.39, 0.29) is 5.02 Å². The number of thiazole rings is 1. The second kappa shape index (κ2) is 5.44. The Hall–Kier alpha value is -1.37. The molecule has 21 heavy (non-hydrogen) atoms. The summed E-state index contributed by atoms with van der Waals surface area (Å²) in [6.07, 6.45) is 0. The van der Waals surface area contributed by atoms with E-state index in [1.165, 1.54) is 12.1 Å². The predicted molar refractivity (Wildman–Crippen MR) is 91.2 cm³/mol. The Labute approximate surface area is 138 Å². The van der Waals surface area contributed by atoms with Crippen LogP contribution in [0, 0.1) is 12.7 Å². The smallest absolute Gasteiger partial charge is 0.125 e.